The number of hydrogen-bond donors (Lipinski definition) is 3. The number of ether oxygens (including phenoxy) is 1. The Hall–Kier alpha value is -0.420. The van der Waals surface area contributed by atoms with E-state index in [0.29, 0.717) is 0 Å². The second-order valence-electron chi connectivity index (χ2n) is 2.72. The van der Waals surface area contributed by atoms with Gasteiger partial charge in [0.1, 0.15) is 6.04 Å². The lowest BCUT2D eigenvalue weighted by Crippen LogP contribution is -2.33. The Labute approximate surface area is 77.3 Å². The number of carbonyl (C=O) groups excluding carboxylic acids is 1. The third kappa shape index (κ3) is 6.72. The lowest BCUT2D eigenvalue weighted by molar-refractivity contribution is -0.144. The SMILES string of the molecule is CCOC(=O)C(N)CCP(N)(N)=O. The summed E-state index contributed by atoms with van der Waals surface area (Å²) in [7, 11) is -3.07. The van der Waals surface area contributed by atoms with Crippen LogP contribution in [0.4, 0.5) is 0 Å². The average Bonchev–Trinajstić information content (AvgIpc) is 1.99. The molecule has 7 heteroatoms. The van der Waals surface area contributed by atoms with Crippen LogP contribution in [0.25, 0.3) is 0 Å². The van der Waals surface area contributed by atoms with Crippen LogP contribution in [0.2, 0.25) is 0 Å². The fraction of sp³-hybridized carbons (Fsp3) is 0.833. The van der Waals surface area contributed by atoms with Crippen molar-refractivity contribution in [3.8, 4) is 0 Å². The summed E-state index contributed by atoms with van der Waals surface area (Å²) < 4.78 is 15.5. The zero-order valence-electron chi connectivity index (χ0n) is 7.60. The van der Waals surface area contributed by atoms with E-state index in [4.69, 9.17) is 16.7 Å². The maximum atomic E-state index is 10.9. The third-order valence-electron chi connectivity index (χ3n) is 1.38. The smallest absolute Gasteiger partial charge is 0.322 e. The molecule has 0 amide bonds. The Morgan fingerprint density at radius 2 is 2.08 bits per heavy atom. The summed E-state index contributed by atoms with van der Waals surface area (Å²) in [5.41, 5.74) is 15.6. The minimum Gasteiger partial charge on any atom is -0.465 e. The molecular formula is C6H16N3O3P. The lowest BCUT2D eigenvalue weighted by Gasteiger charge is -2.11. The topological polar surface area (TPSA) is 121 Å². The predicted molar refractivity (Wildman–Crippen MR) is 50.1 cm³/mol. The molecule has 0 rings (SSSR count). The lowest BCUT2D eigenvalue weighted by atomic mass is 10.2. The van der Waals surface area contributed by atoms with Crippen molar-refractivity contribution in [1.82, 2.24) is 0 Å². The summed E-state index contributed by atoms with van der Waals surface area (Å²) in [6.07, 6.45) is 0.232. The molecule has 13 heavy (non-hydrogen) atoms. The first-order valence-electron chi connectivity index (χ1n) is 3.95. The molecule has 0 saturated carbocycles. The molecule has 0 aromatic rings. The van der Waals surface area contributed by atoms with E-state index >= 15 is 0 Å². The molecular weight excluding hydrogens is 193 g/mol. The van der Waals surface area contributed by atoms with Crippen molar-refractivity contribution < 1.29 is 14.1 Å². The highest BCUT2D eigenvalue weighted by Crippen LogP contribution is 2.25. The highest BCUT2D eigenvalue weighted by atomic mass is 31.2. The fourth-order valence-corrected chi connectivity index (χ4v) is 1.39. The van der Waals surface area contributed by atoms with Crippen LogP contribution in [0, 0.1) is 0 Å². The molecule has 1 unspecified atom stereocenters. The third-order valence-corrected chi connectivity index (χ3v) is 2.34. The predicted octanol–water partition coefficient (Wildman–Crippen LogP) is -0.623. The standard InChI is InChI=1S/C6H16N3O3P/c1-2-12-6(10)5(7)3-4-13(8,9)11/h5H,2-4,7H2,1H3,(H4,8,9,11). The largest absolute Gasteiger partial charge is 0.465 e. The van der Waals surface area contributed by atoms with Gasteiger partial charge in [0.2, 0.25) is 7.44 Å². The molecule has 0 fully saturated rings. The summed E-state index contributed by atoms with van der Waals surface area (Å²) in [6, 6.07) is -0.791. The van der Waals surface area contributed by atoms with E-state index in [1.54, 1.807) is 6.92 Å². The van der Waals surface area contributed by atoms with Crippen molar-refractivity contribution in [3.63, 3.8) is 0 Å². The van der Waals surface area contributed by atoms with Crippen LogP contribution in [0.5, 0.6) is 0 Å². The van der Waals surface area contributed by atoms with Crippen LogP contribution in [0.3, 0.4) is 0 Å². The normalized spacial score (nSPS) is 13.8. The maximum Gasteiger partial charge on any atom is 0.322 e. The number of rotatable bonds is 5. The monoisotopic (exact) mass is 209 g/mol. The van der Waals surface area contributed by atoms with E-state index in [1.165, 1.54) is 0 Å². The number of nitrogens with two attached hydrogens (primary N) is 3. The average molecular weight is 209 g/mol. The van der Waals surface area contributed by atoms with E-state index in [9.17, 15) is 9.36 Å². The summed E-state index contributed by atoms with van der Waals surface area (Å²) in [5.74, 6) is -0.518. The molecule has 0 spiro atoms. The van der Waals surface area contributed by atoms with Crippen molar-refractivity contribution in [3.05, 3.63) is 0 Å². The first kappa shape index (κ1) is 12.6. The van der Waals surface area contributed by atoms with Gasteiger partial charge >= 0.3 is 5.97 Å². The van der Waals surface area contributed by atoms with Gasteiger partial charge in [-0.2, -0.15) is 0 Å². The Morgan fingerprint density at radius 3 is 2.46 bits per heavy atom. The van der Waals surface area contributed by atoms with Crippen molar-refractivity contribution in [2.45, 2.75) is 19.4 Å². The van der Waals surface area contributed by atoms with Crippen molar-refractivity contribution in [2.75, 3.05) is 12.8 Å². The van der Waals surface area contributed by atoms with Crippen molar-refractivity contribution in [2.24, 2.45) is 16.7 Å². The van der Waals surface area contributed by atoms with E-state index in [-0.39, 0.29) is 19.2 Å². The molecule has 0 aliphatic heterocycles. The zero-order chi connectivity index (χ0) is 10.5. The van der Waals surface area contributed by atoms with Gasteiger partial charge in [0.15, 0.2) is 0 Å². The van der Waals surface area contributed by atoms with Gasteiger partial charge < -0.3 is 10.5 Å². The van der Waals surface area contributed by atoms with E-state index in [1.807, 2.05) is 0 Å². The van der Waals surface area contributed by atoms with Gasteiger partial charge in [-0.05, 0) is 13.3 Å². The van der Waals surface area contributed by atoms with Crippen LogP contribution in [-0.2, 0) is 14.1 Å². The summed E-state index contributed by atoms with van der Waals surface area (Å²) in [4.78, 5) is 10.9. The first-order valence-corrected chi connectivity index (χ1v) is 5.98. The van der Waals surface area contributed by atoms with Crippen LogP contribution >= 0.6 is 7.44 Å². The molecule has 6 N–H and O–H groups in total. The molecule has 78 valence electrons. The number of hydrogen-bond acceptors (Lipinski definition) is 4. The highest BCUT2D eigenvalue weighted by Gasteiger charge is 2.18. The molecule has 0 heterocycles. The fourth-order valence-electron chi connectivity index (χ4n) is 0.708. The Morgan fingerprint density at radius 1 is 1.54 bits per heavy atom. The summed E-state index contributed by atoms with van der Waals surface area (Å²) in [6.45, 7) is 1.96. The molecule has 0 saturated heterocycles. The summed E-state index contributed by atoms with van der Waals surface area (Å²) in [5, 5.41) is 0. The number of carbonyl (C=O) groups is 1. The molecule has 1 atom stereocenters. The minimum atomic E-state index is -3.07. The summed E-state index contributed by atoms with van der Waals surface area (Å²) >= 11 is 0. The van der Waals surface area contributed by atoms with Gasteiger partial charge in [0.25, 0.3) is 0 Å². The van der Waals surface area contributed by atoms with Crippen molar-refractivity contribution >= 4 is 13.4 Å². The molecule has 0 aliphatic rings. The van der Waals surface area contributed by atoms with Gasteiger partial charge in [-0.1, -0.05) is 0 Å². The quantitative estimate of drug-likeness (QED) is 0.409. The highest BCUT2D eigenvalue weighted by molar-refractivity contribution is 7.58. The Bertz CT molecular complexity index is 215. The second kappa shape index (κ2) is 5.34. The van der Waals surface area contributed by atoms with Gasteiger partial charge in [0, 0.05) is 6.16 Å². The second-order valence-corrected chi connectivity index (χ2v) is 4.88. The van der Waals surface area contributed by atoms with E-state index < -0.39 is 19.5 Å². The van der Waals surface area contributed by atoms with Gasteiger partial charge in [-0.25, -0.2) is 0 Å². The van der Waals surface area contributed by atoms with Gasteiger partial charge in [-0.15, -0.1) is 0 Å². The van der Waals surface area contributed by atoms with Gasteiger partial charge in [-0.3, -0.25) is 20.4 Å². The Balaban J connectivity index is 3.81. The zero-order valence-corrected chi connectivity index (χ0v) is 8.50. The maximum absolute atomic E-state index is 10.9. The molecule has 0 radical (unpaired) electrons. The van der Waals surface area contributed by atoms with Crippen LogP contribution < -0.4 is 16.7 Å². The first-order chi connectivity index (χ1) is 5.87. The van der Waals surface area contributed by atoms with Crippen LogP contribution in [-0.4, -0.2) is 24.8 Å². The molecule has 0 bridgehead atoms. The van der Waals surface area contributed by atoms with E-state index in [0.717, 1.165) is 0 Å². The molecule has 0 aromatic carbocycles. The van der Waals surface area contributed by atoms with Gasteiger partial charge in [0.05, 0.1) is 6.61 Å². The van der Waals surface area contributed by atoms with Crippen LogP contribution in [0.15, 0.2) is 0 Å². The van der Waals surface area contributed by atoms with E-state index in [2.05, 4.69) is 4.74 Å². The molecule has 0 aliphatic carbocycles. The molecule has 0 aromatic heterocycles. The Kier molecular flexibility index (Phi) is 5.17. The molecule has 6 nitrogen and oxygen atoms in total. The minimum absolute atomic E-state index is 0.0486. The number of esters is 1. The van der Waals surface area contributed by atoms with Crippen molar-refractivity contribution in [1.29, 1.82) is 0 Å². The van der Waals surface area contributed by atoms with Crippen LogP contribution in [0.1, 0.15) is 13.3 Å².